The molecular formula is C56H36SSi. The highest BCUT2D eigenvalue weighted by Crippen LogP contribution is 2.49. The summed E-state index contributed by atoms with van der Waals surface area (Å²) in [6.07, 6.45) is 0. The molecule has 1 aliphatic heterocycles. The quantitative estimate of drug-likeness (QED) is 0.0933. The van der Waals surface area contributed by atoms with Gasteiger partial charge in [-0.05, 0) is 133 Å². The highest BCUT2D eigenvalue weighted by Gasteiger charge is 2.38. The van der Waals surface area contributed by atoms with Crippen LogP contribution in [0.5, 0.6) is 0 Å². The second-order valence-electron chi connectivity index (χ2n) is 16.7. The fourth-order valence-electron chi connectivity index (χ4n) is 10.7. The Hall–Kier alpha value is -6.58. The van der Waals surface area contributed by atoms with Crippen LogP contribution in [0.4, 0.5) is 0 Å². The molecule has 0 atom stereocenters. The predicted octanol–water partition coefficient (Wildman–Crippen LogP) is 15.1. The molecule has 0 N–H and O–H groups in total. The summed E-state index contributed by atoms with van der Waals surface area (Å²) in [7, 11) is -2.02. The Bertz CT molecular complexity index is 3720. The minimum Gasteiger partial charge on any atom is -0.135 e. The normalized spacial score (nSPS) is 13.5. The Balaban J connectivity index is 1.09. The van der Waals surface area contributed by atoms with Gasteiger partial charge in [-0.15, -0.1) is 11.3 Å². The summed E-state index contributed by atoms with van der Waals surface area (Å²) in [5.74, 6) is 0. The highest BCUT2D eigenvalue weighted by molar-refractivity contribution is 7.26. The van der Waals surface area contributed by atoms with Crippen molar-refractivity contribution >= 4 is 115 Å². The van der Waals surface area contributed by atoms with Crippen LogP contribution in [0, 0.1) is 0 Å². The molecule has 58 heavy (non-hydrogen) atoms. The second kappa shape index (κ2) is 11.7. The van der Waals surface area contributed by atoms with Crippen LogP contribution in [-0.2, 0) is 0 Å². The van der Waals surface area contributed by atoms with Gasteiger partial charge in [0.15, 0.2) is 0 Å². The summed E-state index contributed by atoms with van der Waals surface area (Å²) in [5.41, 5.74) is 8.05. The van der Waals surface area contributed by atoms with Gasteiger partial charge in [-0.1, -0.05) is 165 Å². The van der Waals surface area contributed by atoms with Crippen LogP contribution in [0.3, 0.4) is 0 Å². The first kappa shape index (κ1) is 32.5. The van der Waals surface area contributed by atoms with Crippen LogP contribution < -0.4 is 10.4 Å². The molecule has 0 spiro atoms. The molecule has 0 fully saturated rings. The number of thiophene rings is 1. The van der Waals surface area contributed by atoms with Crippen LogP contribution in [0.25, 0.3) is 118 Å². The molecule has 0 saturated carbocycles. The zero-order chi connectivity index (χ0) is 38.3. The number of hydrogen-bond donors (Lipinski definition) is 0. The number of hydrogen-bond acceptors (Lipinski definition) is 1. The van der Waals surface area contributed by atoms with Gasteiger partial charge in [0.25, 0.3) is 0 Å². The minimum absolute atomic E-state index is 1.28. The molecule has 0 nitrogen and oxygen atoms in total. The van der Waals surface area contributed by atoms with Crippen molar-refractivity contribution in [1.82, 2.24) is 0 Å². The molecular weight excluding hydrogens is 733 g/mol. The molecule has 12 aromatic rings. The Morgan fingerprint density at radius 3 is 1.50 bits per heavy atom. The molecule has 0 radical (unpaired) electrons. The highest BCUT2D eigenvalue weighted by atomic mass is 32.1. The summed E-state index contributed by atoms with van der Waals surface area (Å²) in [6, 6.07) is 69.2. The molecule has 0 aliphatic carbocycles. The van der Waals surface area contributed by atoms with Gasteiger partial charge >= 0.3 is 0 Å². The smallest absolute Gasteiger partial charge is 0.113 e. The van der Waals surface area contributed by atoms with Crippen LogP contribution in [0.15, 0.2) is 182 Å². The largest absolute Gasteiger partial charge is 0.135 e. The summed E-state index contributed by atoms with van der Waals surface area (Å²) in [4.78, 5) is 0. The number of benzene rings is 11. The molecule has 2 heteroatoms. The maximum Gasteiger partial charge on any atom is 0.113 e. The van der Waals surface area contributed by atoms with Crippen molar-refractivity contribution < 1.29 is 0 Å². The average molecular weight is 769 g/mol. The monoisotopic (exact) mass is 768 g/mol. The molecule has 11 aromatic carbocycles. The summed E-state index contributed by atoms with van der Waals surface area (Å²) >= 11 is 1.91. The molecule has 270 valence electrons. The Kier molecular flexibility index (Phi) is 6.58. The van der Waals surface area contributed by atoms with E-state index in [-0.39, 0.29) is 0 Å². The van der Waals surface area contributed by atoms with E-state index in [1.54, 1.807) is 5.19 Å². The third kappa shape index (κ3) is 4.34. The molecule has 13 rings (SSSR count). The zero-order valence-electron chi connectivity index (χ0n) is 32.2. The van der Waals surface area contributed by atoms with Gasteiger partial charge in [0.1, 0.15) is 8.07 Å². The zero-order valence-corrected chi connectivity index (χ0v) is 34.0. The SMILES string of the molecule is C[Si]1(C)c2ccc(-c3c4ccccc4c(-c4cccc5c4sc4ccccc45)c4ccccc34)cc2-c2cc3c(cc21)c1ccccc1c1cc2ccccc2cc31. The summed E-state index contributed by atoms with van der Waals surface area (Å²) in [6.45, 7) is 5.10. The van der Waals surface area contributed by atoms with Gasteiger partial charge < -0.3 is 0 Å². The molecule has 2 heterocycles. The molecule has 0 amide bonds. The first-order chi connectivity index (χ1) is 28.5. The molecule has 1 aromatic heterocycles. The van der Waals surface area contributed by atoms with E-state index in [4.69, 9.17) is 0 Å². The van der Waals surface area contributed by atoms with Gasteiger partial charge in [-0.25, -0.2) is 0 Å². The average Bonchev–Trinajstić information content (AvgIpc) is 3.76. The fraction of sp³-hybridized carbons (Fsp3) is 0.0357. The topological polar surface area (TPSA) is 0 Å². The predicted molar refractivity (Wildman–Crippen MR) is 257 cm³/mol. The van der Waals surface area contributed by atoms with Crippen molar-refractivity contribution in [3.8, 4) is 33.4 Å². The molecule has 0 saturated heterocycles. The Morgan fingerprint density at radius 1 is 0.328 bits per heavy atom. The van der Waals surface area contributed by atoms with Crippen LogP contribution in [0.2, 0.25) is 13.1 Å². The van der Waals surface area contributed by atoms with Crippen molar-refractivity contribution in [3.05, 3.63) is 182 Å². The maximum absolute atomic E-state index is 2.59. The van der Waals surface area contributed by atoms with E-state index in [9.17, 15) is 0 Å². The van der Waals surface area contributed by atoms with Gasteiger partial charge in [0.05, 0.1) is 0 Å². The van der Waals surface area contributed by atoms with E-state index in [0.29, 0.717) is 0 Å². The van der Waals surface area contributed by atoms with E-state index in [1.165, 1.54) is 123 Å². The van der Waals surface area contributed by atoms with E-state index in [0.717, 1.165) is 0 Å². The van der Waals surface area contributed by atoms with Crippen molar-refractivity contribution in [2.45, 2.75) is 13.1 Å². The van der Waals surface area contributed by atoms with E-state index in [2.05, 4.69) is 195 Å². The third-order valence-electron chi connectivity index (χ3n) is 13.4. The minimum atomic E-state index is -2.02. The van der Waals surface area contributed by atoms with Gasteiger partial charge in [-0.2, -0.15) is 0 Å². The Labute approximate surface area is 341 Å². The summed E-state index contributed by atoms with van der Waals surface area (Å²) in [5, 5.41) is 21.6. The van der Waals surface area contributed by atoms with Crippen molar-refractivity contribution in [3.63, 3.8) is 0 Å². The van der Waals surface area contributed by atoms with Crippen molar-refractivity contribution in [2.24, 2.45) is 0 Å². The standard InChI is InChI=1S/C56H36SSi/c1-58(2)52-27-26-35(30-49(52)50-31-47-46-29-34-15-4-3-14-33(34)28-45(46)36-16-5-6-17-37(36)48(47)32-53(50)58)54-39-19-7-9-21-41(39)55(42-22-10-8-20-40(42)54)44-24-13-23-43-38-18-11-12-25-51(38)57-56(43)44/h3-32H,1-2H3. The van der Waals surface area contributed by atoms with Crippen molar-refractivity contribution in [2.75, 3.05) is 0 Å². The molecule has 1 aliphatic rings. The van der Waals surface area contributed by atoms with Crippen molar-refractivity contribution in [1.29, 1.82) is 0 Å². The van der Waals surface area contributed by atoms with Gasteiger partial charge in [0, 0.05) is 25.7 Å². The van der Waals surface area contributed by atoms with E-state index >= 15 is 0 Å². The van der Waals surface area contributed by atoms with Gasteiger partial charge in [-0.3, -0.25) is 0 Å². The first-order valence-corrected chi connectivity index (χ1v) is 24.2. The van der Waals surface area contributed by atoms with Crippen LogP contribution in [-0.4, -0.2) is 8.07 Å². The fourth-order valence-corrected chi connectivity index (χ4v) is 15.0. The lowest BCUT2D eigenvalue weighted by atomic mass is 9.85. The second-order valence-corrected chi connectivity index (χ2v) is 22.1. The number of fused-ring (bicyclic) bond motifs is 15. The lowest BCUT2D eigenvalue weighted by Gasteiger charge is -2.21. The Morgan fingerprint density at radius 2 is 0.828 bits per heavy atom. The molecule has 0 unspecified atom stereocenters. The lowest BCUT2D eigenvalue weighted by molar-refractivity contribution is 1.68. The number of rotatable bonds is 2. The van der Waals surface area contributed by atoms with Crippen LogP contribution in [0.1, 0.15) is 0 Å². The summed E-state index contributed by atoms with van der Waals surface area (Å²) < 4.78 is 2.69. The van der Waals surface area contributed by atoms with E-state index in [1.807, 2.05) is 11.3 Å². The third-order valence-corrected chi connectivity index (χ3v) is 18.2. The van der Waals surface area contributed by atoms with Crippen LogP contribution >= 0.6 is 11.3 Å². The van der Waals surface area contributed by atoms with Gasteiger partial charge in [0.2, 0.25) is 0 Å². The first-order valence-electron chi connectivity index (χ1n) is 20.3. The molecule has 0 bridgehead atoms. The maximum atomic E-state index is 2.59. The lowest BCUT2D eigenvalue weighted by Crippen LogP contribution is -2.49. The van der Waals surface area contributed by atoms with E-state index < -0.39 is 8.07 Å².